The number of ether oxygens (including phenoxy) is 2. The number of nitrogens with zero attached hydrogens (tertiary/aromatic N) is 3. The molecule has 2 saturated heterocycles. The second-order valence-corrected chi connectivity index (χ2v) is 10.9. The van der Waals surface area contributed by atoms with E-state index in [-0.39, 0.29) is 23.1 Å². The van der Waals surface area contributed by atoms with E-state index in [1.165, 1.54) is 10.4 Å². The number of Topliss-reactive ketones (excluding diaryl/α,β-unsaturated/α-hetero) is 1. The molecule has 2 aromatic rings. The molecule has 5 rings (SSSR count). The molecule has 0 unspecified atom stereocenters. The lowest BCUT2D eigenvalue weighted by Crippen LogP contribution is -2.49. The molecule has 3 aliphatic rings. The molecule has 10 heteroatoms. The van der Waals surface area contributed by atoms with Gasteiger partial charge in [-0.05, 0) is 42.8 Å². The minimum atomic E-state index is -3.67. The minimum absolute atomic E-state index is 0.0245. The van der Waals surface area contributed by atoms with Crippen molar-refractivity contribution in [1.29, 1.82) is 0 Å². The Balaban J connectivity index is 1.18. The summed E-state index contributed by atoms with van der Waals surface area (Å²) in [6, 6.07) is 11.9. The fourth-order valence-electron chi connectivity index (χ4n) is 4.62. The SMILES string of the molecule is O=C(CN1CCN(S(=O)(=O)c2ccc3c(c2)OCCCO3)CC1)c1ccc(N2CCCC2=O)cc1. The highest BCUT2D eigenvalue weighted by Gasteiger charge is 2.30. The molecule has 9 nitrogen and oxygen atoms in total. The highest BCUT2D eigenvalue weighted by Crippen LogP contribution is 2.33. The molecule has 2 fully saturated rings. The number of carbonyl (C=O) groups is 2. The second kappa shape index (κ2) is 9.96. The predicted octanol–water partition coefficient (Wildman–Crippen LogP) is 2.16. The molecule has 0 aliphatic carbocycles. The van der Waals surface area contributed by atoms with Crippen molar-refractivity contribution in [2.45, 2.75) is 24.2 Å². The van der Waals surface area contributed by atoms with E-state index in [1.807, 2.05) is 17.0 Å². The number of ketones is 1. The average Bonchev–Trinajstić information content (AvgIpc) is 3.16. The molecule has 0 N–H and O–H groups in total. The zero-order valence-electron chi connectivity index (χ0n) is 19.5. The van der Waals surface area contributed by atoms with Gasteiger partial charge in [-0.15, -0.1) is 0 Å². The smallest absolute Gasteiger partial charge is 0.243 e. The lowest BCUT2D eigenvalue weighted by atomic mass is 10.1. The van der Waals surface area contributed by atoms with Crippen molar-refractivity contribution in [1.82, 2.24) is 9.21 Å². The van der Waals surface area contributed by atoms with Crippen LogP contribution in [0.4, 0.5) is 5.69 Å². The fraction of sp³-hybridized carbons (Fsp3) is 0.440. The summed E-state index contributed by atoms with van der Waals surface area (Å²) in [4.78, 5) is 28.6. The maximum atomic E-state index is 13.2. The van der Waals surface area contributed by atoms with Gasteiger partial charge in [0, 0.05) is 62.9 Å². The Morgan fingerprint density at radius 1 is 0.857 bits per heavy atom. The zero-order chi connectivity index (χ0) is 24.4. The topological polar surface area (TPSA) is 96.5 Å². The molecule has 0 atom stereocenters. The van der Waals surface area contributed by atoms with E-state index in [0.717, 1.165) is 18.5 Å². The van der Waals surface area contributed by atoms with Crippen LogP contribution >= 0.6 is 0 Å². The van der Waals surface area contributed by atoms with Crippen LogP contribution in [0.5, 0.6) is 11.5 Å². The van der Waals surface area contributed by atoms with Crippen molar-refractivity contribution >= 4 is 27.4 Å². The summed E-state index contributed by atoms with van der Waals surface area (Å²) in [6.45, 7) is 3.52. The van der Waals surface area contributed by atoms with E-state index in [4.69, 9.17) is 9.47 Å². The van der Waals surface area contributed by atoms with Gasteiger partial charge in [0.05, 0.1) is 24.7 Å². The minimum Gasteiger partial charge on any atom is -0.490 e. The van der Waals surface area contributed by atoms with Gasteiger partial charge in [-0.25, -0.2) is 8.42 Å². The third kappa shape index (κ3) is 5.05. The first-order valence-electron chi connectivity index (χ1n) is 12.0. The summed E-state index contributed by atoms with van der Waals surface area (Å²) in [5, 5.41) is 0. The Morgan fingerprint density at radius 2 is 1.57 bits per heavy atom. The van der Waals surface area contributed by atoms with E-state index in [9.17, 15) is 18.0 Å². The summed E-state index contributed by atoms with van der Waals surface area (Å²) < 4.78 is 39.1. The van der Waals surface area contributed by atoms with E-state index in [1.54, 1.807) is 29.2 Å². The van der Waals surface area contributed by atoms with Gasteiger partial charge < -0.3 is 14.4 Å². The van der Waals surface area contributed by atoms with Gasteiger partial charge in [-0.1, -0.05) is 0 Å². The molecule has 1 amide bonds. The second-order valence-electron chi connectivity index (χ2n) is 8.96. The number of hydrogen-bond donors (Lipinski definition) is 0. The summed E-state index contributed by atoms with van der Waals surface area (Å²) in [7, 11) is -3.67. The summed E-state index contributed by atoms with van der Waals surface area (Å²) in [5.74, 6) is 1.10. The molecule has 0 bridgehead atoms. The molecule has 3 aliphatic heterocycles. The lowest BCUT2D eigenvalue weighted by Gasteiger charge is -2.33. The van der Waals surface area contributed by atoms with Gasteiger partial charge in [0.1, 0.15) is 0 Å². The van der Waals surface area contributed by atoms with Crippen molar-refractivity contribution < 1.29 is 27.5 Å². The van der Waals surface area contributed by atoms with E-state index < -0.39 is 10.0 Å². The van der Waals surface area contributed by atoms with Gasteiger partial charge in [0.2, 0.25) is 15.9 Å². The summed E-state index contributed by atoms with van der Waals surface area (Å²) >= 11 is 0. The zero-order valence-corrected chi connectivity index (χ0v) is 20.3. The maximum Gasteiger partial charge on any atom is 0.243 e. The highest BCUT2D eigenvalue weighted by molar-refractivity contribution is 7.89. The number of carbonyl (C=O) groups excluding carboxylic acids is 2. The lowest BCUT2D eigenvalue weighted by molar-refractivity contribution is -0.117. The Hall–Kier alpha value is -2.95. The third-order valence-corrected chi connectivity index (χ3v) is 8.52. The van der Waals surface area contributed by atoms with Gasteiger partial charge >= 0.3 is 0 Å². The number of amides is 1. The average molecular weight is 500 g/mol. The molecule has 0 radical (unpaired) electrons. The molecule has 2 aromatic carbocycles. The quantitative estimate of drug-likeness (QED) is 0.562. The normalized spacial score (nSPS) is 19.5. The number of rotatable bonds is 6. The molecule has 35 heavy (non-hydrogen) atoms. The number of fused-ring (bicyclic) bond motifs is 1. The van der Waals surface area contributed by atoms with E-state index in [0.29, 0.717) is 69.4 Å². The Bertz CT molecular complexity index is 1210. The highest BCUT2D eigenvalue weighted by atomic mass is 32.2. The Kier molecular flexibility index (Phi) is 6.77. The van der Waals surface area contributed by atoms with Crippen LogP contribution in [0.3, 0.4) is 0 Å². The van der Waals surface area contributed by atoms with Crippen molar-refractivity contribution in [3.05, 3.63) is 48.0 Å². The first-order chi connectivity index (χ1) is 16.9. The monoisotopic (exact) mass is 499 g/mol. The fourth-order valence-corrected chi connectivity index (χ4v) is 6.06. The van der Waals surface area contributed by atoms with Crippen LogP contribution in [0.25, 0.3) is 0 Å². The summed E-state index contributed by atoms with van der Waals surface area (Å²) in [6.07, 6.45) is 2.17. The van der Waals surface area contributed by atoms with E-state index in [2.05, 4.69) is 0 Å². The molecule has 0 spiro atoms. The van der Waals surface area contributed by atoms with Gasteiger partial charge in [0.25, 0.3) is 0 Å². The molecule has 3 heterocycles. The van der Waals surface area contributed by atoms with Crippen LogP contribution in [0.2, 0.25) is 0 Å². The van der Waals surface area contributed by atoms with Crippen LogP contribution in [0, 0.1) is 0 Å². The van der Waals surface area contributed by atoms with Crippen molar-refractivity contribution in [3.8, 4) is 11.5 Å². The van der Waals surface area contributed by atoms with Crippen molar-refractivity contribution in [2.24, 2.45) is 0 Å². The predicted molar refractivity (Wildman–Crippen MR) is 130 cm³/mol. The third-order valence-electron chi connectivity index (χ3n) is 6.63. The molecule has 0 saturated carbocycles. The van der Waals surface area contributed by atoms with Crippen LogP contribution in [-0.4, -0.2) is 81.8 Å². The van der Waals surface area contributed by atoms with E-state index >= 15 is 0 Å². The first kappa shape index (κ1) is 23.8. The van der Waals surface area contributed by atoms with Gasteiger partial charge in [-0.2, -0.15) is 4.31 Å². The molecular formula is C25H29N3O6S. The maximum absolute atomic E-state index is 13.2. The Labute approximate surface area is 205 Å². The molecule has 186 valence electrons. The van der Waals surface area contributed by atoms with Crippen LogP contribution < -0.4 is 14.4 Å². The molecular weight excluding hydrogens is 470 g/mol. The standard InChI is InChI=1S/C25H29N3O6S/c29-22(19-4-6-20(7-5-19)28-10-1-3-25(28)30)18-26-11-13-27(14-12-26)35(31,32)21-8-9-23-24(17-21)34-16-2-15-33-23/h4-9,17H,1-3,10-16,18H2. The number of piperazine rings is 1. The number of hydrogen-bond acceptors (Lipinski definition) is 7. The first-order valence-corrected chi connectivity index (χ1v) is 13.4. The van der Waals surface area contributed by atoms with Crippen molar-refractivity contribution in [2.75, 3.05) is 57.4 Å². The van der Waals surface area contributed by atoms with Crippen LogP contribution in [-0.2, 0) is 14.8 Å². The number of anilines is 1. The van der Waals surface area contributed by atoms with Gasteiger partial charge in [-0.3, -0.25) is 14.5 Å². The largest absolute Gasteiger partial charge is 0.490 e. The number of benzene rings is 2. The van der Waals surface area contributed by atoms with Crippen LogP contribution in [0.1, 0.15) is 29.6 Å². The molecule has 0 aromatic heterocycles. The summed E-state index contributed by atoms with van der Waals surface area (Å²) in [5.41, 5.74) is 1.40. The number of sulfonamides is 1. The Morgan fingerprint density at radius 3 is 2.26 bits per heavy atom. The van der Waals surface area contributed by atoms with Crippen molar-refractivity contribution in [3.63, 3.8) is 0 Å². The van der Waals surface area contributed by atoms with Crippen LogP contribution in [0.15, 0.2) is 47.4 Å². The van der Waals surface area contributed by atoms with Gasteiger partial charge in [0.15, 0.2) is 17.3 Å².